The highest BCUT2D eigenvalue weighted by molar-refractivity contribution is 6.34. The van der Waals surface area contributed by atoms with E-state index in [9.17, 15) is 36.7 Å². The van der Waals surface area contributed by atoms with Crippen molar-refractivity contribution in [1.29, 1.82) is 0 Å². The van der Waals surface area contributed by atoms with Crippen molar-refractivity contribution < 1.29 is 65.2 Å². The number of fused-ring (bicyclic) bond motifs is 2. The number of nitrogens with zero attached hydrogens (tertiary/aromatic N) is 2. The van der Waals surface area contributed by atoms with E-state index in [0.717, 1.165) is 18.2 Å². The third-order valence-electron chi connectivity index (χ3n) is 8.58. The highest BCUT2D eigenvalue weighted by atomic mass is 35.5. The molecule has 18 nitrogen and oxygen atoms in total. The van der Waals surface area contributed by atoms with Gasteiger partial charge in [-0.25, -0.2) is 14.3 Å². The number of urea groups is 2. The number of hydrogen-bond donors (Lipinski definition) is 6. The van der Waals surface area contributed by atoms with Crippen molar-refractivity contribution in [3.8, 4) is 40.2 Å². The van der Waals surface area contributed by atoms with Crippen LogP contribution in [0.2, 0.25) is 5.02 Å². The van der Waals surface area contributed by atoms with Gasteiger partial charge in [0.15, 0.2) is 11.5 Å². The van der Waals surface area contributed by atoms with Gasteiger partial charge in [0.2, 0.25) is 6.79 Å². The normalized spacial score (nSPS) is 13.6. The molecule has 23 heteroatoms. The predicted octanol–water partition coefficient (Wildman–Crippen LogP) is 8.88. The van der Waals surface area contributed by atoms with Crippen LogP contribution in [0.5, 0.6) is 40.2 Å². The number of hydrogen-bond acceptors (Lipinski definition) is 12. The van der Waals surface area contributed by atoms with Crippen LogP contribution in [0.4, 0.5) is 49.9 Å². The maximum absolute atomic E-state index is 13.9. The SMILES string of the molecule is CNC(=O)c1cc(Oc2cccc(NC(=O)Nc3ccc4c(c3)OCO4)c2)ccn1.NC(=O)c1cc(Oc2ccc(NC(=O)Nc3ccc4c(c3)C(F)(F)OC(F)(F)O4)c(Cl)c2)ccn1. The summed E-state index contributed by atoms with van der Waals surface area (Å²) in [6, 6.07) is 23.6. The molecule has 0 unspecified atom stereocenters. The molecular formula is C42H31ClF4N8O10. The van der Waals surface area contributed by atoms with Crippen LogP contribution in [0.1, 0.15) is 26.5 Å². The van der Waals surface area contributed by atoms with E-state index in [1.54, 1.807) is 48.5 Å². The van der Waals surface area contributed by atoms with Gasteiger partial charge < -0.3 is 56.0 Å². The van der Waals surface area contributed by atoms with Crippen molar-refractivity contribution in [2.24, 2.45) is 5.73 Å². The lowest BCUT2D eigenvalue weighted by molar-refractivity contribution is -0.461. The van der Waals surface area contributed by atoms with E-state index in [4.69, 9.17) is 36.3 Å². The number of nitrogens with two attached hydrogens (primary N) is 1. The molecule has 334 valence electrons. The Morgan fingerprint density at radius 3 is 1.92 bits per heavy atom. The van der Waals surface area contributed by atoms with E-state index < -0.39 is 41.7 Å². The van der Waals surface area contributed by atoms with Gasteiger partial charge in [0.05, 0.1) is 16.3 Å². The van der Waals surface area contributed by atoms with Crippen LogP contribution >= 0.6 is 11.6 Å². The van der Waals surface area contributed by atoms with Crippen molar-refractivity contribution in [2.45, 2.75) is 12.4 Å². The highest BCUT2D eigenvalue weighted by Gasteiger charge is 2.54. The Morgan fingerprint density at radius 1 is 0.662 bits per heavy atom. The molecule has 0 fully saturated rings. The molecule has 2 aliphatic heterocycles. The topological polar surface area (TPSA) is 236 Å². The Morgan fingerprint density at radius 2 is 1.25 bits per heavy atom. The number of halogens is 5. The maximum atomic E-state index is 13.9. The molecule has 7 N–H and O–H groups in total. The first kappa shape index (κ1) is 44.7. The summed E-state index contributed by atoms with van der Waals surface area (Å²) in [6.45, 7) is 0.167. The largest absolute Gasteiger partial charge is 0.540 e. The van der Waals surface area contributed by atoms with E-state index in [-0.39, 0.29) is 52.0 Å². The number of primary amides is 1. The Balaban J connectivity index is 0.000000196. The van der Waals surface area contributed by atoms with Crippen molar-refractivity contribution in [3.05, 3.63) is 137 Å². The van der Waals surface area contributed by atoms with E-state index in [0.29, 0.717) is 34.4 Å². The van der Waals surface area contributed by atoms with Crippen LogP contribution in [0.3, 0.4) is 0 Å². The molecule has 65 heavy (non-hydrogen) atoms. The van der Waals surface area contributed by atoms with Crippen LogP contribution in [0.25, 0.3) is 0 Å². The van der Waals surface area contributed by atoms with Crippen LogP contribution in [0, 0.1) is 0 Å². The zero-order chi connectivity index (χ0) is 46.3. The Hall–Kier alpha value is -8.37. The Bertz CT molecular complexity index is 2810. The van der Waals surface area contributed by atoms with Crippen LogP contribution in [-0.2, 0) is 10.8 Å². The second-order valence-electron chi connectivity index (χ2n) is 13.2. The summed E-state index contributed by atoms with van der Waals surface area (Å²) in [5.74, 6) is 0.840. The fourth-order valence-electron chi connectivity index (χ4n) is 5.74. The second kappa shape index (κ2) is 18.9. The minimum atomic E-state index is -4.50. The molecule has 2 aromatic heterocycles. The van der Waals surface area contributed by atoms with Gasteiger partial charge in [-0.15, -0.1) is 8.78 Å². The van der Waals surface area contributed by atoms with Gasteiger partial charge in [0, 0.05) is 66.8 Å². The molecule has 0 aliphatic carbocycles. The fraction of sp³-hybridized carbons (Fsp3) is 0.0952. The number of alkyl halides is 4. The number of carbonyl (C=O) groups excluding carboxylic acids is 4. The number of benzene rings is 4. The van der Waals surface area contributed by atoms with Crippen molar-refractivity contribution in [1.82, 2.24) is 15.3 Å². The van der Waals surface area contributed by atoms with Gasteiger partial charge in [-0.1, -0.05) is 17.7 Å². The lowest BCUT2D eigenvalue weighted by Crippen LogP contribution is -2.41. The smallest absolute Gasteiger partial charge is 0.457 e. The lowest BCUT2D eigenvalue weighted by Gasteiger charge is -2.30. The number of ether oxygens (including phenoxy) is 6. The van der Waals surface area contributed by atoms with Crippen LogP contribution in [0.15, 0.2) is 116 Å². The van der Waals surface area contributed by atoms with E-state index >= 15 is 0 Å². The van der Waals surface area contributed by atoms with Crippen molar-refractivity contribution in [2.75, 3.05) is 35.1 Å². The Kier molecular flexibility index (Phi) is 13.0. The van der Waals surface area contributed by atoms with Crippen molar-refractivity contribution >= 4 is 58.2 Å². The molecule has 2 aliphatic rings. The number of amides is 6. The quantitative estimate of drug-likeness (QED) is 0.0707. The van der Waals surface area contributed by atoms with Crippen LogP contribution in [-0.4, -0.2) is 54.0 Å². The monoisotopic (exact) mass is 918 g/mol. The zero-order valence-corrected chi connectivity index (χ0v) is 33.9. The molecule has 8 rings (SSSR count). The van der Waals surface area contributed by atoms with Crippen molar-refractivity contribution in [3.63, 3.8) is 0 Å². The number of pyridine rings is 2. The molecule has 0 atom stereocenters. The molecule has 4 aromatic carbocycles. The molecule has 6 amide bonds. The fourth-order valence-corrected chi connectivity index (χ4v) is 5.95. The molecule has 0 saturated heterocycles. The second-order valence-corrected chi connectivity index (χ2v) is 13.6. The maximum Gasteiger partial charge on any atom is 0.540 e. The summed E-state index contributed by atoms with van der Waals surface area (Å²) in [4.78, 5) is 55.3. The van der Waals surface area contributed by atoms with Gasteiger partial charge in [0.25, 0.3) is 11.8 Å². The van der Waals surface area contributed by atoms with E-state index in [1.807, 2.05) is 0 Å². The molecule has 0 bridgehead atoms. The molecule has 6 aromatic rings. The minimum absolute atomic E-state index is 0.00432. The lowest BCUT2D eigenvalue weighted by atomic mass is 10.1. The van der Waals surface area contributed by atoms with Gasteiger partial charge in [-0.05, 0) is 66.7 Å². The van der Waals surface area contributed by atoms with E-state index in [1.165, 1.54) is 55.8 Å². The first-order valence-electron chi connectivity index (χ1n) is 18.6. The molecule has 4 heterocycles. The molecule has 0 saturated carbocycles. The molecular weight excluding hydrogens is 888 g/mol. The first-order chi connectivity index (χ1) is 31.0. The molecule has 0 radical (unpaired) electrons. The summed E-state index contributed by atoms with van der Waals surface area (Å²) in [7, 11) is 1.53. The molecule has 0 spiro atoms. The third kappa shape index (κ3) is 11.6. The number of rotatable bonds is 10. The summed E-state index contributed by atoms with van der Waals surface area (Å²) in [5.41, 5.74) is 5.51. The number of carbonyl (C=O) groups is 4. The highest BCUT2D eigenvalue weighted by Crippen LogP contribution is 2.47. The Labute approximate surface area is 368 Å². The summed E-state index contributed by atoms with van der Waals surface area (Å²) in [6.07, 6.45) is -6.03. The van der Waals surface area contributed by atoms with E-state index in [2.05, 4.69) is 46.0 Å². The predicted molar refractivity (Wildman–Crippen MR) is 223 cm³/mol. The standard InChI is InChI=1S/C21H13ClF4N4O5.C21H18N4O5/c22-14-8-11(33-12-5-6-28-16(9-12)18(27)31)2-3-15(14)30-19(32)29-10-1-4-17-13(7-10)20(23,24)35-21(25,26)34-17;1-22-20(26)17-11-16(7-8-23-17)30-15-4-2-3-13(9-15)24-21(27)25-14-5-6-18-19(10-14)29-12-28-18/h1-9H,(H2,27,31)(H2,29,30,32);2-11H,12H2,1H3,(H,22,26)(H2,24,25,27). The third-order valence-corrected chi connectivity index (χ3v) is 8.90. The van der Waals surface area contributed by atoms with Gasteiger partial charge >= 0.3 is 24.5 Å². The summed E-state index contributed by atoms with van der Waals surface area (Å²) in [5, 5.41) is 12.7. The average Bonchev–Trinajstić information content (AvgIpc) is 3.73. The minimum Gasteiger partial charge on any atom is -0.457 e. The first-order valence-corrected chi connectivity index (χ1v) is 18.9. The number of aromatic nitrogens is 2. The summed E-state index contributed by atoms with van der Waals surface area (Å²) < 4.78 is 83.4. The van der Waals surface area contributed by atoms with Crippen LogP contribution < -0.4 is 56.0 Å². The zero-order valence-electron chi connectivity index (χ0n) is 33.1. The summed E-state index contributed by atoms with van der Waals surface area (Å²) >= 11 is 6.17. The average molecular weight is 919 g/mol. The van der Waals surface area contributed by atoms with Gasteiger partial charge in [-0.3, -0.25) is 19.6 Å². The number of anilines is 4. The number of nitrogens with one attached hydrogen (secondary N) is 5. The van der Waals surface area contributed by atoms with Gasteiger partial charge in [0.1, 0.15) is 40.1 Å². The van der Waals surface area contributed by atoms with Gasteiger partial charge in [-0.2, -0.15) is 8.78 Å².